The van der Waals surface area contributed by atoms with Gasteiger partial charge in [-0.1, -0.05) is 53.5 Å². The van der Waals surface area contributed by atoms with Crippen LogP contribution in [0.15, 0.2) is 61.2 Å². The number of halogens is 2. The Morgan fingerprint density at radius 1 is 1.18 bits per heavy atom. The van der Waals surface area contributed by atoms with E-state index in [9.17, 15) is 9.59 Å². The highest BCUT2D eigenvalue weighted by Gasteiger charge is 2.52. The van der Waals surface area contributed by atoms with Crippen molar-refractivity contribution in [2.45, 2.75) is 50.5 Å². The first-order valence-electron chi connectivity index (χ1n) is 11.2. The van der Waals surface area contributed by atoms with Gasteiger partial charge in [0.15, 0.2) is 0 Å². The first-order valence-corrected chi connectivity index (χ1v) is 12.0. The van der Waals surface area contributed by atoms with Crippen LogP contribution in [0, 0.1) is 5.92 Å². The van der Waals surface area contributed by atoms with Gasteiger partial charge in [-0.05, 0) is 61.1 Å². The number of rotatable bonds is 8. The van der Waals surface area contributed by atoms with Gasteiger partial charge in [0.25, 0.3) is 5.91 Å². The summed E-state index contributed by atoms with van der Waals surface area (Å²) in [7, 11) is 0. The Morgan fingerprint density at radius 2 is 1.91 bits per heavy atom. The molecule has 2 aliphatic rings. The lowest BCUT2D eigenvalue weighted by Gasteiger charge is -2.47. The molecule has 5 nitrogen and oxygen atoms in total. The average molecular weight is 488 g/mol. The summed E-state index contributed by atoms with van der Waals surface area (Å²) in [5, 5.41) is 1.15. The number of morpholine rings is 1. The van der Waals surface area contributed by atoms with Crippen LogP contribution >= 0.6 is 23.2 Å². The van der Waals surface area contributed by atoms with Crippen LogP contribution in [-0.4, -0.2) is 35.5 Å². The highest BCUT2D eigenvalue weighted by atomic mass is 35.5. The second-order valence-electron chi connectivity index (χ2n) is 8.40. The van der Waals surface area contributed by atoms with Crippen LogP contribution < -0.4 is 0 Å². The molecule has 1 unspecified atom stereocenters. The molecule has 0 aromatic heterocycles. The topological polar surface area (TPSA) is 55.8 Å². The van der Waals surface area contributed by atoms with E-state index in [1.165, 1.54) is 0 Å². The van der Waals surface area contributed by atoms with E-state index in [1.807, 2.05) is 30.3 Å². The number of nitrogens with zero attached hydrogens (tertiary/aromatic N) is 1. The molecule has 0 N–H and O–H groups in total. The molecule has 1 heterocycles. The summed E-state index contributed by atoms with van der Waals surface area (Å²) in [4.78, 5) is 28.6. The zero-order valence-electron chi connectivity index (χ0n) is 18.5. The number of hydrogen-bond donors (Lipinski definition) is 0. The molecule has 33 heavy (non-hydrogen) atoms. The van der Waals surface area contributed by atoms with Gasteiger partial charge < -0.3 is 14.4 Å². The Morgan fingerprint density at radius 3 is 2.52 bits per heavy atom. The Hall–Kier alpha value is -2.34. The molecule has 1 saturated heterocycles. The summed E-state index contributed by atoms with van der Waals surface area (Å²) in [6.45, 7) is 5.81. The van der Waals surface area contributed by atoms with Gasteiger partial charge in [-0.15, -0.1) is 6.58 Å². The van der Waals surface area contributed by atoms with E-state index in [1.54, 1.807) is 36.1 Å². The maximum atomic E-state index is 13.8. The van der Waals surface area contributed by atoms with Gasteiger partial charge in [0.2, 0.25) is 0 Å². The molecule has 1 saturated carbocycles. The molecule has 174 valence electrons. The number of ether oxygens (including phenoxy) is 2. The van der Waals surface area contributed by atoms with E-state index in [-0.39, 0.29) is 24.4 Å². The Balaban J connectivity index is 1.87. The summed E-state index contributed by atoms with van der Waals surface area (Å²) < 4.78 is 11.8. The second kappa shape index (κ2) is 10.3. The maximum absolute atomic E-state index is 13.8. The van der Waals surface area contributed by atoms with Crippen LogP contribution in [0.5, 0.6) is 0 Å². The van der Waals surface area contributed by atoms with Crippen molar-refractivity contribution in [3.63, 3.8) is 0 Å². The van der Waals surface area contributed by atoms with Crippen LogP contribution in [-0.2, 0) is 19.1 Å². The zero-order valence-corrected chi connectivity index (χ0v) is 20.0. The molecule has 0 radical (unpaired) electrons. The molecule has 0 bridgehead atoms. The third-order valence-corrected chi connectivity index (χ3v) is 6.58. The zero-order chi connectivity index (χ0) is 23.5. The minimum atomic E-state index is -0.759. The van der Waals surface area contributed by atoms with E-state index in [2.05, 4.69) is 6.58 Å². The Labute approximate surface area is 204 Å². The summed E-state index contributed by atoms with van der Waals surface area (Å²) in [5.74, 6) is -0.556. The van der Waals surface area contributed by atoms with Crippen LogP contribution in [0.3, 0.4) is 0 Å². The normalized spacial score (nSPS) is 23.8. The predicted molar refractivity (Wildman–Crippen MR) is 128 cm³/mol. The lowest BCUT2D eigenvalue weighted by atomic mass is 9.89. The summed E-state index contributed by atoms with van der Waals surface area (Å²) in [6.07, 6.45) is 2.44. The molecular weight excluding hydrogens is 461 g/mol. The predicted octanol–water partition coefficient (Wildman–Crippen LogP) is 5.92. The minimum Gasteiger partial charge on any atom is -0.464 e. The van der Waals surface area contributed by atoms with Crippen LogP contribution in [0.4, 0.5) is 0 Å². The smallest absolute Gasteiger partial charge is 0.329 e. The molecule has 1 aliphatic heterocycles. The van der Waals surface area contributed by atoms with Gasteiger partial charge in [0, 0.05) is 16.5 Å². The van der Waals surface area contributed by atoms with Crippen molar-refractivity contribution in [3.8, 4) is 0 Å². The fourth-order valence-electron chi connectivity index (χ4n) is 4.49. The van der Waals surface area contributed by atoms with Gasteiger partial charge in [-0.3, -0.25) is 4.79 Å². The van der Waals surface area contributed by atoms with E-state index >= 15 is 0 Å². The lowest BCUT2D eigenvalue weighted by Crippen LogP contribution is -2.57. The standard InChI is InChI=1S/C26H27Cl2NO4/c1-3-6-21-25(30)29(23(17-9-10-17)26(31)32-4-2)22(16-11-13-19(27)14-12-16)24(33-21)18-7-5-8-20(28)15-18/h3,5,7-8,11-15,17,21-24H,1,4,6,9-10H2,2H3/t21-,22+,23?,24-/m0/s1. The lowest BCUT2D eigenvalue weighted by molar-refractivity contribution is -0.186. The van der Waals surface area contributed by atoms with Gasteiger partial charge in [-0.2, -0.15) is 0 Å². The van der Waals surface area contributed by atoms with Crippen molar-refractivity contribution in [2.75, 3.05) is 6.61 Å². The molecule has 0 spiro atoms. The number of amides is 1. The number of hydrogen-bond acceptors (Lipinski definition) is 4. The monoisotopic (exact) mass is 487 g/mol. The van der Waals surface area contributed by atoms with Crippen molar-refractivity contribution in [2.24, 2.45) is 5.92 Å². The van der Waals surface area contributed by atoms with Crippen molar-refractivity contribution in [1.82, 2.24) is 4.90 Å². The minimum absolute atomic E-state index is 0.0605. The molecule has 2 aromatic rings. The SMILES string of the molecule is C=CC[C@@H]1O[C@@H](c2cccc(Cl)c2)[C@@H](c2ccc(Cl)cc2)N(C(C(=O)OCC)C2CC2)C1=O. The van der Waals surface area contributed by atoms with Gasteiger partial charge in [0.1, 0.15) is 18.2 Å². The van der Waals surface area contributed by atoms with E-state index in [0.717, 1.165) is 24.0 Å². The first-order chi connectivity index (χ1) is 15.9. The fourth-order valence-corrected chi connectivity index (χ4v) is 4.81. The molecule has 1 amide bonds. The van der Waals surface area contributed by atoms with E-state index in [0.29, 0.717) is 16.5 Å². The summed E-state index contributed by atoms with van der Waals surface area (Å²) in [5.41, 5.74) is 1.65. The van der Waals surface area contributed by atoms with E-state index < -0.39 is 24.3 Å². The fraction of sp³-hybridized carbons (Fsp3) is 0.385. The number of benzene rings is 2. The quantitative estimate of drug-likeness (QED) is 0.342. The number of carbonyl (C=O) groups is 2. The van der Waals surface area contributed by atoms with Crippen molar-refractivity contribution >= 4 is 35.1 Å². The second-order valence-corrected chi connectivity index (χ2v) is 9.27. The molecule has 2 fully saturated rings. The number of carbonyl (C=O) groups excluding carboxylic acids is 2. The first kappa shape index (κ1) is 23.8. The van der Waals surface area contributed by atoms with Crippen molar-refractivity contribution in [3.05, 3.63) is 82.4 Å². The molecule has 7 heteroatoms. The van der Waals surface area contributed by atoms with Gasteiger partial charge in [0.05, 0.1) is 12.6 Å². The Kier molecular flexibility index (Phi) is 7.42. The van der Waals surface area contributed by atoms with Crippen molar-refractivity contribution < 1.29 is 19.1 Å². The third-order valence-electron chi connectivity index (χ3n) is 6.09. The van der Waals surface area contributed by atoms with Gasteiger partial charge in [-0.25, -0.2) is 4.79 Å². The van der Waals surface area contributed by atoms with Crippen LogP contribution in [0.25, 0.3) is 0 Å². The molecular formula is C26H27Cl2NO4. The van der Waals surface area contributed by atoms with Crippen LogP contribution in [0.1, 0.15) is 49.5 Å². The van der Waals surface area contributed by atoms with Crippen molar-refractivity contribution in [1.29, 1.82) is 0 Å². The molecule has 2 aromatic carbocycles. The highest BCUT2D eigenvalue weighted by Crippen LogP contribution is 2.48. The summed E-state index contributed by atoms with van der Waals surface area (Å²) >= 11 is 12.5. The van der Waals surface area contributed by atoms with E-state index in [4.69, 9.17) is 32.7 Å². The van der Waals surface area contributed by atoms with Gasteiger partial charge >= 0.3 is 5.97 Å². The molecule has 4 rings (SSSR count). The molecule has 4 atom stereocenters. The maximum Gasteiger partial charge on any atom is 0.329 e. The summed E-state index contributed by atoms with van der Waals surface area (Å²) in [6, 6.07) is 13.5. The Bertz CT molecular complexity index is 1020. The largest absolute Gasteiger partial charge is 0.464 e. The highest BCUT2D eigenvalue weighted by molar-refractivity contribution is 6.30. The number of esters is 1. The molecule has 1 aliphatic carbocycles. The van der Waals surface area contributed by atoms with Crippen LogP contribution in [0.2, 0.25) is 10.0 Å². The average Bonchev–Trinajstić information content (AvgIpc) is 3.62. The third kappa shape index (κ3) is 5.11.